The first-order valence-electron chi connectivity index (χ1n) is 10.2. The molecule has 1 aliphatic heterocycles. The van der Waals surface area contributed by atoms with Crippen molar-refractivity contribution in [2.45, 2.75) is 69.8 Å². The molecule has 0 aliphatic carbocycles. The number of carbonyl (C=O) groups excluding carboxylic acids is 1. The molecule has 3 atom stereocenters. The molecule has 1 fully saturated rings. The average Bonchev–Trinajstić information content (AvgIpc) is 3.27. The van der Waals surface area contributed by atoms with Gasteiger partial charge in [0.15, 0.2) is 5.60 Å². The van der Waals surface area contributed by atoms with E-state index in [1.54, 1.807) is 16.8 Å². The Kier molecular flexibility index (Phi) is 7.19. The van der Waals surface area contributed by atoms with Gasteiger partial charge in [0, 0.05) is 19.0 Å². The van der Waals surface area contributed by atoms with E-state index in [1.807, 2.05) is 0 Å². The lowest BCUT2D eigenvalue weighted by Crippen LogP contribution is -2.43. The molecule has 0 spiro atoms. The summed E-state index contributed by atoms with van der Waals surface area (Å²) in [6.07, 6.45) is 11.4. The van der Waals surface area contributed by atoms with Gasteiger partial charge in [-0.15, -0.1) is 6.42 Å². The van der Waals surface area contributed by atoms with E-state index in [1.165, 1.54) is 0 Å². The maximum absolute atomic E-state index is 12.1. The molecule has 0 unspecified atom stereocenters. The lowest BCUT2D eigenvalue weighted by atomic mass is 9.99. The van der Waals surface area contributed by atoms with Crippen molar-refractivity contribution in [2.75, 3.05) is 12.3 Å². The summed E-state index contributed by atoms with van der Waals surface area (Å²) in [5, 5.41) is 11.2. The van der Waals surface area contributed by atoms with Crippen LogP contribution in [0.15, 0.2) is 12.3 Å². The largest absolute Gasteiger partial charge is 0.461 e. The predicted molar refractivity (Wildman–Crippen MR) is 114 cm³/mol. The Balaban J connectivity index is 1.65. The number of fused-ring (bicyclic) bond motifs is 1. The molecule has 2 aromatic heterocycles. The van der Waals surface area contributed by atoms with Crippen molar-refractivity contribution < 1.29 is 19.4 Å². The maximum atomic E-state index is 12.1. The molecule has 0 saturated carbocycles. The molecule has 0 amide bonds. The number of aliphatic hydroxyl groups excluding tert-OH is 1. The van der Waals surface area contributed by atoms with E-state index < -0.39 is 17.9 Å². The van der Waals surface area contributed by atoms with Crippen molar-refractivity contribution in [1.82, 2.24) is 14.5 Å². The summed E-state index contributed by atoms with van der Waals surface area (Å²) in [6, 6.07) is 1.74. The fraction of sp³-hybridized carbons (Fsp3) is 0.571. The second-order valence-electron chi connectivity index (χ2n) is 7.52. The molecule has 30 heavy (non-hydrogen) atoms. The van der Waals surface area contributed by atoms with Crippen molar-refractivity contribution in [1.29, 1.82) is 0 Å². The molecule has 1 saturated heterocycles. The first-order chi connectivity index (χ1) is 14.4. The monoisotopic (exact) mass is 434 g/mol. The summed E-state index contributed by atoms with van der Waals surface area (Å²) in [4.78, 5) is 20.2. The minimum Gasteiger partial charge on any atom is -0.461 e. The van der Waals surface area contributed by atoms with Crippen LogP contribution in [0.2, 0.25) is 5.28 Å². The second kappa shape index (κ2) is 9.65. The zero-order valence-electron chi connectivity index (χ0n) is 17.0. The van der Waals surface area contributed by atoms with Gasteiger partial charge in [0.25, 0.3) is 0 Å². The molecular weight excluding hydrogens is 408 g/mol. The summed E-state index contributed by atoms with van der Waals surface area (Å²) in [6.45, 7) is 1.92. The number of carbonyl (C=O) groups is 1. The van der Waals surface area contributed by atoms with Gasteiger partial charge in [-0.3, -0.25) is 4.79 Å². The number of nitrogens with two attached hydrogens (primary N) is 1. The minimum absolute atomic E-state index is 0.00887. The number of terminal acetylenes is 1. The maximum Gasteiger partial charge on any atom is 0.305 e. The summed E-state index contributed by atoms with van der Waals surface area (Å²) in [5.41, 5.74) is 4.94. The molecule has 162 valence electrons. The van der Waals surface area contributed by atoms with Crippen LogP contribution >= 0.6 is 11.6 Å². The molecule has 2 aromatic rings. The number of nitrogens with zero attached hydrogens (tertiary/aromatic N) is 3. The molecule has 3 N–H and O–H groups in total. The Morgan fingerprint density at radius 1 is 1.47 bits per heavy atom. The Hall–Kier alpha value is -2.34. The number of nitrogen functional groups attached to an aromatic ring is 1. The number of aromatic nitrogens is 3. The summed E-state index contributed by atoms with van der Waals surface area (Å²) in [5.74, 6) is 2.38. The molecule has 1 aliphatic rings. The van der Waals surface area contributed by atoms with Gasteiger partial charge >= 0.3 is 5.97 Å². The van der Waals surface area contributed by atoms with Crippen LogP contribution in [0.25, 0.3) is 11.0 Å². The lowest BCUT2D eigenvalue weighted by Gasteiger charge is -2.26. The van der Waals surface area contributed by atoms with E-state index in [0.717, 1.165) is 32.1 Å². The zero-order chi connectivity index (χ0) is 21.7. The number of ether oxygens (including phenoxy) is 2. The van der Waals surface area contributed by atoms with Gasteiger partial charge in [-0.1, -0.05) is 38.5 Å². The molecule has 0 bridgehead atoms. The number of halogens is 1. The Labute approximate surface area is 180 Å². The Morgan fingerprint density at radius 3 is 2.97 bits per heavy atom. The number of unbranched alkanes of at least 4 members (excludes halogenated alkanes) is 4. The highest BCUT2D eigenvalue weighted by Crippen LogP contribution is 2.39. The van der Waals surface area contributed by atoms with E-state index in [2.05, 4.69) is 22.8 Å². The normalized spacial score (nSPS) is 23.5. The predicted octanol–water partition coefficient (Wildman–Crippen LogP) is 3.22. The lowest BCUT2D eigenvalue weighted by molar-refractivity contribution is -0.156. The number of hydrogen-bond acceptors (Lipinski definition) is 7. The molecule has 9 heteroatoms. The van der Waals surface area contributed by atoms with Gasteiger partial charge in [0.1, 0.15) is 30.4 Å². The Bertz CT molecular complexity index is 941. The average molecular weight is 435 g/mol. The fourth-order valence-electron chi connectivity index (χ4n) is 3.62. The van der Waals surface area contributed by atoms with Crippen LogP contribution in [0.1, 0.15) is 58.1 Å². The van der Waals surface area contributed by atoms with E-state index in [9.17, 15) is 9.90 Å². The molecule has 8 nitrogen and oxygen atoms in total. The van der Waals surface area contributed by atoms with Gasteiger partial charge in [-0.2, -0.15) is 4.98 Å². The van der Waals surface area contributed by atoms with E-state index in [0.29, 0.717) is 17.5 Å². The zero-order valence-corrected chi connectivity index (χ0v) is 17.8. The van der Waals surface area contributed by atoms with Crippen LogP contribution in [0.4, 0.5) is 5.82 Å². The van der Waals surface area contributed by atoms with Gasteiger partial charge < -0.3 is 24.9 Å². The van der Waals surface area contributed by atoms with Gasteiger partial charge in [0.05, 0.1) is 5.39 Å². The van der Waals surface area contributed by atoms with Crippen molar-refractivity contribution in [3.63, 3.8) is 0 Å². The van der Waals surface area contributed by atoms with E-state index >= 15 is 0 Å². The van der Waals surface area contributed by atoms with Crippen LogP contribution in [-0.2, 0) is 14.3 Å². The van der Waals surface area contributed by atoms with Gasteiger partial charge in [0.2, 0.25) is 5.28 Å². The summed E-state index contributed by atoms with van der Waals surface area (Å²) < 4.78 is 13.0. The summed E-state index contributed by atoms with van der Waals surface area (Å²) in [7, 11) is 0. The number of esters is 1. The molecule has 0 radical (unpaired) electrons. The van der Waals surface area contributed by atoms with E-state index in [4.69, 9.17) is 33.2 Å². The Morgan fingerprint density at radius 2 is 2.23 bits per heavy atom. The number of aliphatic hydroxyl groups is 1. The van der Waals surface area contributed by atoms with Crippen LogP contribution in [0.3, 0.4) is 0 Å². The SMILES string of the molecule is C#C[C@]1(COC(=O)CCCCCCC)O[C@@H](n2ccc3c(N)nc(Cl)nc32)C[C@@H]1O. The fourth-order valence-corrected chi connectivity index (χ4v) is 3.79. The number of hydrogen-bond donors (Lipinski definition) is 2. The highest BCUT2D eigenvalue weighted by Gasteiger charge is 2.49. The number of rotatable bonds is 9. The third-order valence-electron chi connectivity index (χ3n) is 5.37. The minimum atomic E-state index is -1.43. The van der Waals surface area contributed by atoms with Gasteiger partial charge in [-0.05, 0) is 24.1 Å². The quantitative estimate of drug-likeness (QED) is 0.269. The van der Waals surface area contributed by atoms with Gasteiger partial charge in [-0.25, -0.2) is 4.98 Å². The first kappa shape index (κ1) is 22.3. The topological polar surface area (TPSA) is 112 Å². The highest BCUT2D eigenvalue weighted by molar-refractivity contribution is 6.28. The first-order valence-corrected chi connectivity index (χ1v) is 10.6. The third kappa shape index (κ3) is 4.69. The van der Waals surface area contributed by atoms with Crippen LogP contribution in [0.5, 0.6) is 0 Å². The highest BCUT2D eigenvalue weighted by atomic mass is 35.5. The molecule has 0 aromatic carbocycles. The van der Waals surface area contributed by atoms with Crippen LogP contribution in [-0.4, -0.2) is 43.9 Å². The molecule has 3 rings (SSSR count). The summed E-state index contributed by atoms with van der Waals surface area (Å²) >= 11 is 5.93. The van der Waals surface area contributed by atoms with E-state index in [-0.39, 0.29) is 30.1 Å². The number of anilines is 1. The third-order valence-corrected chi connectivity index (χ3v) is 5.54. The van der Waals surface area contributed by atoms with Crippen molar-refractivity contribution in [3.05, 3.63) is 17.5 Å². The standard InChI is InChI=1S/C21H27ClN4O4/c1-3-5-6-7-8-9-17(28)29-13-21(4-2)15(27)12-16(30-21)26-11-10-14-18(23)24-20(22)25-19(14)26/h2,10-11,15-16,27H,3,5-9,12-13H2,1H3,(H2,23,24,25)/t15-,16+,21+/m0/s1. The molecule has 3 heterocycles. The van der Waals surface area contributed by atoms with Crippen LogP contribution in [0, 0.1) is 12.3 Å². The van der Waals surface area contributed by atoms with Crippen molar-refractivity contribution in [3.8, 4) is 12.3 Å². The molecular formula is C21H27ClN4O4. The second-order valence-corrected chi connectivity index (χ2v) is 7.86. The smallest absolute Gasteiger partial charge is 0.305 e. The van der Waals surface area contributed by atoms with Crippen LogP contribution < -0.4 is 5.73 Å². The van der Waals surface area contributed by atoms with Crippen molar-refractivity contribution in [2.24, 2.45) is 0 Å². The van der Waals surface area contributed by atoms with Crippen molar-refractivity contribution >= 4 is 34.4 Å².